The van der Waals surface area contributed by atoms with Gasteiger partial charge in [0.1, 0.15) is 6.54 Å². The Morgan fingerprint density at radius 2 is 1.81 bits per heavy atom. The summed E-state index contributed by atoms with van der Waals surface area (Å²) in [6.45, 7) is 3.45. The molecular formula is C18H35IN4O3. The second-order valence-corrected chi connectivity index (χ2v) is 7.03. The Hall–Kier alpha value is -0.610. The molecule has 0 bridgehead atoms. The first-order valence-corrected chi connectivity index (χ1v) is 9.60. The Labute approximate surface area is 174 Å². The van der Waals surface area contributed by atoms with Gasteiger partial charge in [-0.2, -0.15) is 0 Å². The number of carbonyl (C=O) groups is 1. The molecule has 2 rings (SSSR count). The molecule has 0 aliphatic carbocycles. The summed E-state index contributed by atoms with van der Waals surface area (Å²) in [5.41, 5.74) is 0. The third kappa shape index (κ3) is 9.36. The van der Waals surface area contributed by atoms with Gasteiger partial charge in [-0.1, -0.05) is 0 Å². The minimum Gasteiger partial charge on any atom is -0.378 e. The van der Waals surface area contributed by atoms with Crippen molar-refractivity contribution in [2.24, 2.45) is 4.99 Å². The topological polar surface area (TPSA) is 75.2 Å². The molecule has 0 aromatic carbocycles. The summed E-state index contributed by atoms with van der Waals surface area (Å²) in [6.07, 6.45) is 8.60. The van der Waals surface area contributed by atoms with E-state index in [0.717, 1.165) is 52.0 Å². The standard InChI is InChI=1S/C18H34N4O3.HI/c1-22(2)17(23)14-21-18(20-13-16-9-6-12-25-16)19-10-5-8-15-7-3-4-11-24-15;/h15-16H,3-14H2,1-2H3,(H2,19,20,21);1H. The summed E-state index contributed by atoms with van der Waals surface area (Å²) in [5, 5.41) is 6.64. The quantitative estimate of drug-likeness (QED) is 0.239. The number of nitrogens with one attached hydrogen (secondary N) is 2. The molecule has 2 atom stereocenters. The lowest BCUT2D eigenvalue weighted by Gasteiger charge is -2.22. The second kappa shape index (κ2) is 13.5. The van der Waals surface area contributed by atoms with Crippen molar-refractivity contribution in [3.05, 3.63) is 0 Å². The van der Waals surface area contributed by atoms with Crippen LogP contribution in [-0.4, -0.2) is 75.9 Å². The second-order valence-electron chi connectivity index (χ2n) is 7.03. The van der Waals surface area contributed by atoms with Crippen LogP contribution in [0.4, 0.5) is 0 Å². The van der Waals surface area contributed by atoms with E-state index in [1.54, 1.807) is 19.0 Å². The summed E-state index contributed by atoms with van der Waals surface area (Å²) in [6, 6.07) is 0. The number of ether oxygens (including phenoxy) is 2. The maximum Gasteiger partial charge on any atom is 0.243 e. The van der Waals surface area contributed by atoms with Crippen LogP contribution in [0.5, 0.6) is 0 Å². The van der Waals surface area contributed by atoms with Crippen molar-refractivity contribution in [2.75, 3.05) is 46.9 Å². The predicted molar refractivity (Wildman–Crippen MR) is 114 cm³/mol. The molecular weight excluding hydrogens is 447 g/mol. The van der Waals surface area contributed by atoms with Crippen LogP contribution in [0.25, 0.3) is 0 Å². The molecule has 26 heavy (non-hydrogen) atoms. The van der Waals surface area contributed by atoms with Crippen LogP contribution in [-0.2, 0) is 14.3 Å². The number of likely N-dealkylation sites (N-methyl/N-ethyl adjacent to an activating group) is 1. The van der Waals surface area contributed by atoms with Crippen molar-refractivity contribution in [3.63, 3.8) is 0 Å². The van der Waals surface area contributed by atoms with Crippen LogP contribution in [0.15, 0.2) is 4.99 Å². The average molecular weight is 482 g/mol. The van der Waals surface area contributed by atoms with E-state index in [9.17, 15) is 4.79 Å². The molecule has 2 fully saturated rings. The lowest BCUT2D eigenvalue weighted by Crippen LogP contribution is -2.42. The van der Waals surface area contributed by atoms with Gasteiger partial charge in [0, 0.05) is 40.4 Å². The fraction of sp³-hybridized carbons (Fsp3) is 0.889. The Morgan fingerprint density at radius 3 is 2.46 bits per heavy atom. The van der Waals surface area contributed by atoms with Gasteiger partial charge in [0.25, 0.3) is 0 Å². The Balaban J connectivity index is 0.00000338. The van der Waals surface area contributed by atoms with Crippen molar-refractivity contribution in [2.45, 2.75) is 57.2 Å². The minimum atomic E-state index is -0.00572. The number of guanidine groups is 1. The van der Waals surface area contributed by atoms with Crippen molar-refractivity contribution < 1.29 is 14.3 Å². The summed E-state index contributed by atoms with van der Waals surface area (Å²) < 4.78 is 11.4. The van der Waals surface area contributed by atoms with E-state index in [-0.39, 0.29) is 42.5 Å². The predicted octanol–water partition coefficient (Wildman–Crippen LogP) is 1.76. The third-order valence-electron chi connectivity index (χ3n) is 4.66. The number of halogens is 1. The number of nitrogens with zero attached hydrogens (tertiary/aromatic N) is 2. The molecule has 1 amide bonds. The maximum absolute atomic E-state index is 11.8. The van der Waals surface area contributed by atoms with Gasteiger partial charge < -0.3 is 25.0 Å². The van der Waals surface area contributed by atoms with Crippen LogP contribution in [0.3, 0.4) is 0 Å². The smallest absolute Gasteiger partial charge is 0.243 e. The van der Waals surface area contributed by atoms with Gasteiger partial charge in [0.15, 0.2) is 5.96 Å². The van der Waals surface area contributed by atoms with E-state index in [0.29, 0.717) is 12.1 Å². The molecule has 7 nitrogen and oxygen atoms in total. The first kappa shape index (κ1) is 23.4. The van der Waals surface area contributed by atoms with Gasteiger partial charge in [0.2, 0.25) is 5.91 Å². The molecule has 2 unspecified atom stereocenters. The lowest BCUT2D eigenvalue weighted by molar-refractivity contribution is -0.127. The Morgan fingerprint density at radius 1 is 1.08 bits per heavy atom. The maximum atomic E-state index is 11.8. The molecule has 2 N–H and O–H groups in total. The first-order chi connectivity index (χ1) is 12.1. The fourth-order valence-corrected chi connectivity index (χ4v) is 3.05. The van der Waals surface area contributed by atoms with Gasteiger partial charge in [-0.25, -0.2) is 4.99 Å². The van der Waals surface area contributed by atoms with E-state index in [1.165, 1.54) is 19.3 Å². The van der Waals surface area contributed by atoms with Crippen molar-refractivity contribution >= 4 is 35.8 Å². The summed E-state index contributed by atoms with van der Waals surface area (Å²) in [7, 11) is 3.49. The third-order valence-corrected chi connectivity index (χ3v) is 4.66. The molecule has 0 radical (unpaired) electrons. The Kier molecular flexibility index (Phi) is 12.2. The van der Waals surface area contributed by atoms with Gasteiger partial charge in [-0.05, 0) is 44.9 Å². The molecule has 2 aliphatic heterocycles. The van der Waals surface area contributed by atoms with Crippen LogP contribution in [0.1, 0.15) is 44.9 Å². The molecule has 0 aromatic rings. The van der Waals surface area contributed by atoms with Gasteiger partial charge in [-0.3, -0.25) is 4.79 Å². The molecule has 0 spiro atoms. The molecule has 152 valence electrons. The van der Waals surface area contributed by atoms with Crippen molar-refractivity contribution in [3.8, 4) is 0 Å². The van der Waals surface area contributed by atoms with Crippen LogP contribution >= 0.6 is 24.0 Å². The Bertz CT molecular complexity index is 423. The number of rotatable bonds is 8. The highest BCUT2D eigenvalue weighted by molar-refractivity contribution is 14.0. The highest BCUT2D eigenvalue weighted by Crippen LogP contribution is 2.16. The van der Waals surface area contributed by atoms with Crippen molar-refractivity contribution in [1.29, 1.82) is 0 Å². The highest BCUT2D eigenvalue weighted by atomic mass is 127. The zero-order chi connectivity index (χ0) is 17.9. The number of aliphatic imine (C=N–C) groups is 1. The number of hydrogen-bond acceptors (Lipinski definition) is 4. The first-order valence-electron chi connectivity index (χ1n) is 9.60. The molecule has 0 aromatic heterocycles. The molecule has 2 saturated heterocycles. The summed E-state index contributed by atoms with van der Waals surface area (Å²) in [5.74, 6) is 0.684. The van der Waals surface area contributed by atoms with E-state index in [1.807, 2.05) is 0 Å². The van der Waals surface area contributed by atoms with E-state index in [4.69, 9.17) is 9.47 Å². The van der Waals surface area contributed by atoms with Crippen LogP contribution in [0, 0.1) is 0 Å². The zero-order valence-corrected chi connectivity index (χ0v) is 18.5. The van der Waals surface area contributed by atoms with Crippen LogP contribution in [0.2, 0.25) is 0 Å². The normalized spacial score (nSPS) is 23.2. The average Bonchev–Trinajstić information content (AvgIpc) is 3.14. The van der Waals surface area contributed by atoms with E-state index < -0.39 is 0 Å². The molecule has 2 heterocycles. The van der Waals surface area contributed by atoms with E-state index >= 15 is 0 Å². The summed E-state index contributed by atoms with van der Waals surface area (Å²) in [4.78, 5) is 17.7. The molecule has 2 aliphatic rings. The monoisotopic (exact) mass is 482 g/mol. The summed E-state index contributed by atoms with van der Waals surface area (Å²) >= 11 is 0. The van der Waals surface area contributed by atoms with Gasteiger partial charge in [0.05, 0.1) is 12.2 Å². The number of hydrogen-bond donors (Lipinski definition) is 2. The lowest BCUT2D eigenvalue weighted by atomic mass is 10.0. The highest BCUT2D eigenvalue weighted by Gasteiger charge is 2.16. The van der Waals surface area contributed by atoms with E-state index in [2.05, 4.69) is 15.6 Å². The molecule has 0 saturated carbocycles. The number of amides is 1. The number of carbonyl (C=O) groups excluding carboxylic acids is 1. The van der Waals surface area contributed by atoms with Gasteiger partial charge in [-0.15, -0.1) is 24.0 Å². The fourth-order valence-electron chi connectivity index (χ4n) is 3.05. The van der Waals surface area contributed by atoms with Crippen LogP contribution < -0.4 is 10.6 Å². The zero-order valence-electron chi connectivity index (χ0n) is 16.2. The largest absolute Gasteiger partial charge is 0.378 e. The van der Waals surface area contributed by atoms with Crippen molar-refractivity contribution in [1.82, 2.24) is 15.5 Å². The molecule has 8 heteroatoms. The SMILES string of the molecule is CN(C)C(=O)CN=C(NCCCC1CCCCO1)NCC1CCCO1.I. The van der Waals surface area contributed by atoms with Gasteiger partial charge >= 0.3 is 0 Å². The minimum absolute atomic E-state index is 0.